The molecule has 0 unspecified atom stereocenters. The van der Waals surface area contributed by atoms with Crippen LogP contribution in [0.25, 0.3) is 10.7 Å². The van der Waals surface area contributed by atoms with Crippen LogP contribution >= 0.6 is 23.1 Å². The van der Waals surface area contributed by atoms with Gasteiger partial charge in [0.25, 0.3) is 0 Å². The summed E-state index contributed by atoms with van der Waals surface area (Å²) in [6.45, 7) is 3.85. The van der Waals surface area contributed by atoms with Gasteiger partial charge in [0, 0.05) is 0 Å². The lowest BCUT2D eigenvalue weighted by molar-refractivity contribution is 0.381. The fourth-order valence-corrected chi connectivity index (χ4v) is 2.94. The highest BCUT2D eigenvalue weighted by Crippen LogP contribution is 2.33. The number of H-pyrrole nitrogens is 1. The number of nitrogens with one attached hydrogen (secondary N) is 1. The Morgan fingerprint density at radius 1 is 1.42 bits per heavy atom. The van der Waals surface area contributed by atoms with Crippen molar-refractivity contribution in [2.75, 3.05) is 0 Å². The van der Waals surface area contributed by atoms with Crippen molar-refractivity contribution < 1.29 is 4.52 Å². The highest BCUT2D eigenvalue weighted by molar-refractivity contribution is 7.99. The standard InChI is InChI=1S/C11H11N5OS2/c1-6(19-11-12-7(2)14-15-11)10-13-9(16-17-10)8-4-3-5-18-8/h3-6H,1-2H3,(H,12,14,15)/t6-/m0/s1. The lowest BCUT2D eigenvalue weighted by Crippen LogP contribution is -1.89. The van der Waals surface area contributed by atoms with E-state index in [1.165, 1.54) is 11.8 Å². The minimum atomic E-state index is 0.0106. The number of thiophene rings is 1. The molecule has 8 heteroatoms. The molecule has 1 atom stereocenters. The van der Waals surface area contributed by atoms with Crippen LogP contribution in [0.2, 0.25) is 0 Å². The number of nitrogens with zero attached hydrogens (tertiary/aromatic N) is 4. The number of rotatable bonds is 4. The highest BCUT2D eigenvalue weighted by Gasteiger charge is 2.18. The summed E-state index contributed by atoms with van der Waals surface area (Å²) < 4.78 is 5.29. The van der Waals surface area contributed by atoms with Gasteiger partial charge in [-0.15, -0.1) is 16.4 Å². The molecule has 0 fully saturated rings. The second-order valence-corrected chi connectivity index (χ2v) is 6.15. The third-order valence-corrected chi connectivity index (χ3v) is 4.20. The first-order valence-electron chi connectivity index (χ1n) is 5.65. The second kappa shape index (κ2) is 5.14. The highest BCUT2D eigenvalue weighted by atomic mass is 32.2. The van der Waals surface area contributed by atoms with Crippen molar-refractivity contribution in [2.24, 2.45) is 0 Å². The van der Waals surface area contributed by atoms with Gasteiger partial charge >= 0.3 is 0 Å². The van der Waals surface area contributed by atoms with Crippen molar-refractivity contribution in [2.45, 2.75) is 24.3 Å². The quantitative estimate of drug-likeness (QED) is 0.744. The van der Waals surface area contributed by atoms with E-state index >= 15 is 0 Å². The molecule has 1 N–H and O–H groups in total. The first-order valence-corrected chi connectivity index (χ1v) is 7.41. The van der Waals surface area contributed by atoms with Crippen LogP contribution in [0.5, 0.6) is 0 Å². The van der Waals surface area contributed by atoms with Gasteiger partial charge in [0.05, 0.1) is 10.1 Å². The predicted molar refractivity (Wildman–Crippen MR) is 73.0 cm³/mol. The summed E-state index contributed by atoms with van der Waals surface area (Å²) in [5.41, 5.74) is 0. The lowest BCUT2D eigenvalue weighted by Gasteiger charge is -2.00. The van der Waals surface area contributed by atoms with Crippen LogP contribution < -0.4 is 0 Å². The maximum Gasteiger partial charge on any atom is 0.240 e. The molecule has 19 heavy (non-hydrogen) atoms. The summed E-state index contributed by atoms with van der Waals surface area (Å²) in [5, 5.41) is 13.6. The van der Waals surface area contributed by atoms with Crippen molar-refractivity contribution >= 4 is 23.1 Å². The molecule has 0 aliphatic rings. The smallest absolute Gasteiger partial charge is 0.240 e. The van der Waals surface area contributed by atoms with Gasteiger partial charge in [0.15, 0.2) is 0 Å². The van der Waals surface area contributed by atoms with Crippen molar-refractivity contribution in [1.29, 1.82) is 0 Å². The molecule has 0 amide bonds. The van der Waals surface area contributed by atoms with Crippen LogP contribution in [0, 0.1) is 6.92 Å². The molecule has 98 valence electrons. The van der Waals surface area contributed by atoms with Crippen LogP contribution in [0.15, 0.2) is 27.2 Å². The molecule has 0 saturated carbocycles. The van der Waals surface area contributed by atoms with Gasteiger partial charge in [-0.3, -0.25) is 5.10 Å². The average molecular weight is 293 g/mol. The van der Waals surface area contributed by atoms with Gasteiger partial charge in [-0.1, -0.05) is 23.0 Å². The van der Waals surface area contributed by atoms with E-state index in [4.69, 9.17) is 4.52 Å². The van der Waals surface area contributed by atoms with E-state index in [1.807, 2.05) is 31.4 Å². The third kappa shape index (κ3) is 2.69. The Kier molecular flexibility index (Phi) is 3.34. The van der Waals surface area contributed by atoms with E-state index in [-0.39, 0.29) is 5.25 Å². The maximum absolute atomic E-state index is 5.29. The van der Waals surface area contributed by atoms with Crippen LogP contribution in [0.4, 0.5) is 0 Å². The second-order valence-electron chi connectivity index (χ2n) is 3.90. The number of hydrogen-bond donors (Lipinski definition) is 1. The molecule has 0 aliphatic heterocycles. The summed E-state index contributed by atoms with van der Waals surface area (Å²) in [6, 6.07) is 3.93. The average Bonchev–Trinajstić information content (AvgIpc) is 3.08. The molecule has 3 aromatic rings. The van der Waals surface area contributed by atoms with Crippen molar-refractivity contribution in [3.05, 3.63) is 29.2 Å². The zero-order valence-electron chi connectivity index (χ0n) is 10.3. The fourth-order valence-electron chi connectivity index (χ4n) is 1.49. The summed E-state index contributed by atoms with van der Waals surface area (Å²) >= 11 is 3.07. The van der Waals surface area contributed by atoms with Gasteiger partial charge in [0.2, 0.25) is 16.9 Å². The molecule has 3 aromatic heterocycles. The molecular weight excluding hydrogens is 282 g/mol. The van der Waals surface area contributed by atoms with Crippen LogP contribution in [-0.2, 0) is 0 Å². The Hall–Kier alpha value is -1.67. The maximum atomic E-state index is 5.29. The number of thioether (sulfide) groups is 1. The van der Waals surface area contributed by atoms with Crippen molar-refractivity contribution in [3.8, 4) is 10.7 Å². The molecule has 6 nitrogen and oxygen atoms in total. The van der Waals surface area contributed by atoms with Gasteiger partial charge in [-0.2, -0.15) is 4.98 Å². The third-order valence-electron chi connectivity index (χ3n) is 2.39. The molecule has 0 bridgehead atoms. The van der Waals surface area contributed by atoms with Crippen LogP contribution in [0.3, 0.4) is 0 Å². The zero-order valence-corrected chi connectivity index (χ0v) is 12.0. The predicted octanol–water partition coefficient (Wildman–Crippen LogP) is 3.08. The van der Waals surface area contributed by atoms with E-state index in [2.05, 4.69) is 25.3 Å². The Bertz CT molecular complexity index is 660. The van der Waals surface area contributed by atoms with Gasteiger partial charge in [-0.05, 0) is 25.3 Å². The number of hydrogen-bond acceptors (Lipinski definition) is 7. The summed E-state index contributed by atoms with van der Waals surface area (Å²) in [7, 11) is 0. The summed E-state index contributed by atoms with van der Waals surface area (Å²) in [4.78, 5) is 9.64. The normalized spacial score (nSPS) is 12.7. The van der Waals surface area contributed by atoms with E-state index in [1.54, 1.807) is 11.3 Å². The monoisotopic (exact) mass is 293 g/mol. The summed E-state index contributed by atoms with van der Waals surface area (Å²) in [5.74, 6) is 2.00. The molecule has 3 heterocycles. The molecule has 0 radical (unpaired) electrons. The SMILES string of the molecule is Cc1nc(S[C@@H](C)c2nc(-c3cccs3)no2)n[nH]1. The fraction of sp³-hybridized carbons (Fsp3) is 0.273. The van der Waals surface area contributed by atoms with E-state index < -0.39 is 0 Å². The van der Waals surface area contributed by atoms with Crippen molar-refractivity contribution in [3.63, 3.8) is 0 Å². The largest absolute Gasteiger partial charge is 0.338 e. The minimum Gasteiger partial charge on any atom is -0.338 e. The minimum absolute atomic E-state index is 0.0106. The lowest BCUT2D eigenvalue weighted by atomic mass is 10.4. The Labute approximate surface area is 117 Å². The van der Waals surface area contributed by atoms with Gasteiger partial charge < -0.3 is 4.52 Å². The Morgan fingerprint density at radius 3 is 3.00 bits per heavy atom. The van der Waals surface area contributed by atoms with Gasteiger partial charge in [-0.25, -0.2) is 4.98 Å². The van der Waals surface area contributed by atoms with E-state index in [9.17, 15) is 0 Å². The zero-order chi connectivity index (χ0) is 13.2. The Morgan fingerprint density at radius 2 is 2.32 bits per heavy atom. The molecule has 0 aromatic carbocycles. The Balaban J connectivity index is 1.75. The molecular formula is C11H11N5OS2. The number of aromatic amines is 1. The van der Waals surface area contributed by atoms with Crippen LogP contribution in [0.1, 0.15) is 23.9 Å². The van der Waals surface area contributed by atoms with Crippen LogP contribution in [-0.4, -0.2) is 25.3 Å². The first kappa shape index (κ1) is 12.4. The molecule has 0 saturated heterocycles. The molecule has 3 rings (SSSR count). The van der Waals surface area contributed by atoms with E-state index in [0.29, 0.717) is 16.9 Å². The summed E-state index contributed by atoms with van der Waals surface area (Å²) in [6.07, 6.45) is 0. The van der Waals surface area contributed by atoms with Gasteiger partial charge in [0.1, 0.15) is 5.82 Å². The van der Waals surface area contributed by atoms with E-state index in [0.717, 1.165) is 10.7 Å². The van der Waals surface area contributed by atoms with Crippen molar-refractivity contribution in [1.82, 2.24) is 25.3 Å². The topological polar surface area (TPSA) is 80.5 Å². The first-order chi connectivity index (χ1) is 9.22. The number of aryl methyl sites for hydroxylation is 1. The molecule has 0 aliphatic carbocycles. The number of aromatic nitrogens is 5. The molecule has 0 spiro atoms.